The van der Waals surface area contributed by atoms with E-state index < -0.39 is 0 Å². The Bertz CT molecular complexity index is 1170. The second-order valence-corrected chi connectivity index (χ2v) is 10.1. The van der Waals surface area contributed by atoms with E-state index in [0.717, 1.165) is 43.8 Å². The fraction of sp³-hybridized carbons (Fsp3) is 0.345. The molecule has 4 heteroatoms. The number of carbonyl (C=O) groups is 1. The second kappa shape index (κ2) is 8.68. The lowest BCUT2D eigenvalue weighted by molar-refractivity contribution is 0.0619. The van der Waals surface area contributed by atoms with E-state index in [1.165, 1.54) is 22.3 Å². The Hall–Kier alpha value is -3.11. The molecule has 0 aromatic heterocycles. The quantitative estimate of drug-likeness (QED) is 0.575. The van der Waals surface area contributed by atoms with E-state index in [9.17, 15) is 4.79 Å². The Kier molecular flexibility index (Phi) is 5.71. The molecule has 170 valence electrons. The van der Waals surface area contributed by atoms with Crippen molar-refractivity contribution in [2.75, 3.05) is 6.54 Å². The maximum absolute atomic E-state index is 13.1. The van der Waals surface area contributed by atoms with Crippen molar-refractivity contribution in [3.05, 3.63) is 100 Å². The van der Waals surface area contributed by atoms with Crippen LogP contribution in [0.2, 0.25) is 0 Å². The highest BCUT2D eigenvalue weighted by atomic mass is 16.5. The Balaban J connectivity index is 1.26. The van der Waals surface area contributed by atoms with Gasteiger partial charge in [-0.15, -0.1) is 0 Å². The van der Waals surface area contributed by atoms with Gasteiger partial charge < -0.3 is 10.1 Å². The van der Waals surface area contributed by atoms with E-state index in [0.29, 0.717) is 5.56 Å². The molecule has 0 saturated carbocycles. The topological polar surface area (TPSA) is 41.6 Å². The number of aryl methyl sites for hydroxylation is 1. The third-order valence-electron chi connectivity index (χ3n) is 6.76. The number of amides is 1. The zero-order valence-corrected chi connectivity index (χ0v) is 19.7. The summed E-state index contributed by atoms with van der Waals surface area (Å²) in [5, 5.41) is 3.26. The number of fused-ring (bicyclic) bond motifs is 2. The molecule has 2 aliphatic rings. The van der Waals surface area contributed by atoms with Crippen LogP contribution < -0.4 is 10.1 Å². The van der Waals surface area contributed by atoms with Crippen LogP contribution in [0.15, 0.2) is 66.7 Å². The summed E-state index contributed by atoms with van der Waals surface area (Å²) in [6.07, 6.45) is 1.84. The summed E-state index contributed by atoms with van der Waals surface area (Å²) in [7, 11) is 0. The van der Waals surface area contributed by atoms with Crippen LogP contribution in [0.5, 0.6) is 5.75 Å². The van der Waals surface area contributed by atoms with Gasteiger partial charge >= 0.3 is 0 Å². The van der Waals surface area contributed by atoms with Crippen LogP contribution >= 0.6 is 0 Å². The van der Waals surface area contributed by atoms with Crippen LogP contribution in [0.4, 0.5) is 0 Å². The SMILES string of the molecule is Cc1ccc2c(c1)[C@H](NC(=O)c1ccc(CN3CCc4ccccc4C3)cc1)CC(C)(C)O2. The lowest BCUT2D eigenvalue weighted by Crippen LogP contribution is -2.41. The number of hydrogen-bond acceptors (Lipinski definition) is 3. The number of hydrogen-bond donors (Lipinski definition) is 1. The van der Waals surface area contributed by atoms with E-state index >= 15 is 0 Å². The molecule has 3 aromatic carbocycles. The molecule has 0 fully saturated rings. The lowest BCUT2D eigenvalue weighted by Gasteiger charge is -2.38. The summed E-state index contributed by atoms with van der Waals surface area (Å²) < 4.78 is 6.15. The van der Waals surface area contributed by atoms with Crippen molar-refractivity contribution in [2.45, 2.75) is 58.3 Å². The fourth-order valence-electron chi connectivity index (χ4n) is 5.05. The first-order valence-corrected chi connectivity index (χ1v) is 11.8. The van der Waals surface area contributed by atoms with E-state index in [-0.39, 0.29) is 17.6 Å². The highest BCUT2D eigenvalue weighted by molar-refractivity contribution is 5.94. The van der Waals surface area contributed by atoms with E-state index in [1.807, 2.05) is 18.2 Å². The molecule has 2 heterocycles. The van der Waals surface area contributed by atoms with Crippen LogP contribution in [0.3, 0.4) is 0 Å². The van der Waals surface area contributed by atoms with Gasteiger partial charge in [0.2, 0.25) is 0 Å². The zero-order valence-electron chi connectivity index (χ0n) is 19.7. The molecule has 2 aliphatic heterocycles. The van der Waals surface area contributed by atoms with Gasteiger partial charge in [-0.05, 0) is 62.1 Å². The third kappa shape index (κ3) is 4.81. The maximum atomic E-state index is 13.1. The minimum absolute atomic E-state index is 0.0383. The average molecular weight is 441 g/mol. The largest absolute Gasteiger partial charge is 0.487 e. The molecule has 1 amide bonds. The van der Waals surface area contributed by atoms with Gasteiger partial charge in [-0.25, -0.2) is 0 Å². The first-order chi connectivity index (χ1) is 15.9. The van der Waals surface area contributed by atoms with Gasteiger partial charge in [-0.2, -0.15) is 0 Å². The van der Waals surface area contributed by atoms with Gasteiger partial charge in [0.15, 0.2) is 0 Å². The molecule has 0 saturated heterocycles. The Labute approximate surface area is 196 Å². The van der Waals surface area contributed by atoms with Gasteiger partial charge in [0.25, 0.3) is 5.91 Å². The predicted octanol–water partition coefficient (Wildman–Crippen LogP) is 5.59. The van der Waals surface area contributed by atoms with Crippen molar-refractivity contribution in [3.8, 4) is 5.75 Å². The van der Waals surface area contributed by atoms with Crippen molar-refractivity contribution in [2.24, 2.45) is 0 Å². The standard InChI is InChI=1S/C29H32N2O2/c1-20-8-13-27-25(16-20)26(17-29(2,3)33-27)30-28(32)23-11-9-21(10-12-23)18-31-15-14-22-6-4-5-7-24(22)19-31/h4-13,16,26H,14-15,17-19H2,1-3H3,(H,30,32)/t26-/m1/s1. The van der Waals surface area contributed by atoms with E-state index in [4.69, 9.17) is 4.74 Å². The van der Waals surface area contributed by atoms with Crippen LogP contribution in [0.1, 0.15) is 64.5 Å². The van der Waals surface area contributed by atoms with Crippen molar-refractivity contribution >= 4 is 5.91 Å². The highest BCUT2D eigenvalue weighted by Gasteiger charge is 2.34. The minimum atomic E-state index is -0.322. The number of nitrogens with one attached hydrogen (secondary N) is 1. The first kappa shape index (κ1) is 21.7. The summed E-state index contributed by atoms with van der Waals surface area (Å²) in [6, 6.07) is 22.9. The number of rotatable bonds is 4. The van der Waals surface area contributed by atoms with Crippen molar-refractivity contribution in [3.63, 3.8) is 0 Å². The molecule has 1 atom stereocenters. The van der Waals surface area contributed by atoms with Crippen LogP contribution in [-0.2, 0) is 19.5 Å². The summed E-state index contributed by atoms with van der Waals surface area (Å²) in [4.78, 5) is 15.6. The molecule has 3 aromatic rings. The Morgan fingerprint density at radius 1 is 1.06 bits per heavy atom. The highest BCUT2D eigenvalue weighted by Crippen LogP contribution is 2.40. The fourth-order valence-corrected chi connectivity index (χ4v) is 5.05. The molecule has 0 aliphatic carbocycles. The van der Waals surface area contributed by atoms with Gasteiger partial charge in [0.05, 0.1) is 6.04 Å². The molecule has 0 spiro atoms. The Morgan fingerprint density at radius 3 is 2.61 bits per heavy atom. The van der Waals surface area contributed by atoms with Gasteiger partial charge in [-0.1, -0.05) is 54.1 Å². The van der Waals surface area contributed by atoms with Crippen molar-refractivity contribution in [1.82, 2.24) is 10.2 Å². The van der Waals surface area contributed by atoms with Crippen LogP contribution in [0, 0.1) is 6.92 Å². The molecule has 5 rings (SSSR count). The number of benzene rings is 3. The first-order valence-electron chi connectivity index (χ1n) is 11.8. The summed E-state index contributed by atoms with van der Waals surface area (Å²) in [5.41, 5.74) is 6.73. The lowest BCUT2D eigenvalue weighted by atomic mass is 9.88. The van der Waals surface area contributed by atoms with Gasteiger partial charge in [0, 0.05) is 37.2 Å². The Morgan fingerprint density at radius 2 is 1.82 bits per heavy atom. The number of ether oxygens (including phenoxy) is 1. The molecule has 0 unspecified atom stereocenters. The molecule has 0 bridgehead atoms. The van der Waals surface area contributed by atoms with Crippen molar-refractivity contribution < 1.29 is 9.53 Å². The molecular weight excluding hydrogens is 408 g/mol. The van der Waals surface area contributed by atoms with E-state index in [1.54, 1.807) is 0 Å². The summed E-state index contributed by atoms with van der Waals surface area (Å²) in [6.45, 7) is 9.16. The monoisotopic (exact) mass is 440 g/mol. The predicted molar refractivity (Wildman–Crippen MR) is 131 cm³/mol. The zero-order chi connectivity index (χ0) is 23.0. The molecule has 4 nitrogen and oxygen atoms in total. The molecule has 1 N–H and O–H groups in total. The minimum Gasteiger partial charge on any atom is -0.487 e. The van der Waals surface area contributed by atoms with E-state index in [2.05, 4.69) is 79.5 Å². The third-order valence-corrected chi connectivity index (χ3v) is 6.76. The molecule has 0 radical (unpaired) electrons. The molecule has 33 heavy (non-hydrogen) atoms. The van der Waals surface area contributed by atoms with Crippen LogP contribution in [-0.4, -0.2) is 23.0 Å². The number of carbonyl (C=O) groups excluding carboxylic acids is 1. The summed E-state index contributed by atoms with van der Waals surface area (Å²) in [5.74, 6) is 0.823. The normalized spacial score (nSPS) is 19.2. The summed E-state index contributed by atoms with van der Waals surface area (Å²) >= 11 is 0. The second-order valence-electron chi connectivity index (χ2n) is 10.1. The van der Waals surface area contributed by atoms with Gasteiger partial charge in [-0.3, -0.25) is 9.69 Å². The average Bonchev–Trinajstić information content (AvgIpc) is 2.79. The van der Waals surface area contributed by atoms with Crippen LogP contribution in [0.25, 0.3) is 0 Å². The number of nitrogens with zero attached hydrogens (tertiary/aromatic N) is 1. The van der Waals surface area contributed by atoms with Gasteiger partial charge in [0.1, 0.15) is 11.4 Å². The van der Waals surface area contributed by atoms with Crippen molar-refractivity contribution in [1.29, 1.82) is 0 Å². The smallest absolute Gasteiger partial charge is 0.251 e. The maximum Gasteiger partial charge on any atom is 0.251 e. The molecular formula is C29H32N2O2.